The van der Waals surface area contributed by atoms with Crippen LogP contribution in [0.5, 0.6) is 0 Å². The van der Waals surface area contributed by atoms with Crippen LogP contribution in [0.15, 0.2) is 24.4 Å². The number of piperidine rings is 1. The minimum absolute atomic E-state index is 0.0470. The number of hydrogen-bond acceptors (Lipinski definition) is 3. The van der Waals surface area contributed by atoms with E-state index in [4.69, 9.17) is 5.11 Å². The van der Waals surface area contributed by atoms with Gasteiger partial charge in [0, 0.05) is 38.0 Å². The number of carbonyl (C=O) groups excluding carboxylic acids is 1. The van der Waals surface area contributed by atoms with E-state index in [9.17, 15) is 18.4 Å². The molecule has 0 spiro atoms. The van der Waals surface area contributed by atoms with Gasteiger partial charge in [-0.1, -0.05) is 0 Å². The largest absolute Gasteiger partial charge is 0.481 e. The summed E-state index contributed by atoms with van der Waals surface area (Å²) < 4.78 is 28.6. The van der Waals surface area contributed by atoms with Crippen molar-refractivity contribution >= 4 is 11.9 Å². The van der Waals surface area contributed by atoms with Gasteiger partial charge in [-0.2, -0.15) is 5.10 Å². The molecule has 6 nitrogen and oxygen atoms in total. The first-order chi connectivity index (χ1) is 11.9. The number of nitrogens with zero attached hydrogens (tertiary/aromatic N) is 3. The van der Waals surface area contributed by atoms with Crippen molar-refractivity contribution in [1.29, 1.82) is 0 Å². The number of aryl methyl sites for hydroxylation is 1. The number of amides is 1. The van der Waals surface area contributed by atoms with Gasteiger partial charge < -0.3 is 10.0 Å². The summed E-state index contributed by atoms with van der Waals surface area (Å²) in [5.74, 6) is -3.15. The molecule has 0 aliphatic carbocycles. The molecular weight excluding hydrogens is 332 g/mol. The number of benzene rings is 1. The Balaban J connectivity index is 1.88. The molecular formula is C17H17F2N3O3. The minimum atomic E-state index is -0.859. The minimum Gasteiger partial charge on any atom is -0.481 e. The van der Waals surface area contributed by atoms with E-state index >= 15 is 0 Å². The fraction of sp³-hybridized carbons (Fsp3) is 0.353. The van der Waals surface area contributed by atoms with Crippen LogP contribution in [-0.4, -0.2) is 44.8 Å². The Labute approximate surface area is 142 Å². The number of halogens is 2. The molecule has 25 heavy (non-hydrogen) atoms. The van der Waals surface area contributed by atoms with Crippen molar-refractivity contribution in [2.45, 2.75) is 12.8 Å². The third-order valence-electron chi connectivity index (χ3n) is 4.38. The van der Waals surface area contributed by atoms with Gasteiger partial charge in [0.1, 0.15) is 17.3 Å². The molecule has 0 atom stereocenters. The predicted octanol–water partition coefficient (Wildman–Crippen LogP) is 2.30. The lowest BCUT2D eigenvalue weighted by Gasteiger charge is -2.30. The molecule has 0 radical (unpaired) electrons. The topological polar surface area (TPSA) is 75.4 Å². The molecule has 132 valence electrons. The van der Waals surface area contributed by atoms with Gasteiger partial charge in [-0.25, -0.2) is 8.78 Å². The van der Waals surface area contributed by atoms with Gasteiger partial charge in [-0.05, 0) is 25.0 Å². The summed E-state index contributed by atoms with van der Waals surface area (Å²) in [6.07, 6.45) is 2.24. The van der Waals surface area contributed by atoms with Crippen molar-refractivity contribution in [2.75, 3.05) is 13.1 Å². The third-order valence-corrected chi connectivity index (χ3v) is 4.38. The van der Waals surface area contributed by atoms with Crippen LogP contribution in [0.4, 0.5) is 8.78 Å². The molecule has 1 amide bonds. The molecule has 8 heteroatoms. The van der Waals surface area contributed by atoms with E-state index in [1.165, 1.54) is 16.9 Å². The summed E-state index contributed by atoms with van der Waals surface area (Å²) in [7, 11) is 1.61. The summed E-state index contributed by atoms with van der Waals surface area (Å²) in [6, 6.07) is 3.11. The maximum absolute atomic E-state index is 14.1. The number of hydrogen-bond donors (Lipinski definition) is 1. The number of carboxylic acid groups (broad SMARTS) is 1. The quantitative estimate of drug-likeness (QED) is 0.923. The molecule has 2 aromatic rings. The molecule has 0 unspecified atom stereocenters. The second-order valence-corrected chi connectivity index (χ2v) is 6.09. The van der Waals surface area contributed by atoms with Crippen molar-refractivity contribution in [3.63, 3.8) is 0 Å². The molecule has 1 saturated heterocycles. The highest BCUT2D eigenvalue weighted by atomic mass is 19.1. The highest BCUT2D eigenvalue weighted by Gasteiger charge is 2.30. The van der Waals surface area contributed by atoms with E-state index in [-0.39, 0.29) is 22.7 Å². The van der Waals surface area contributed by atoms with Gasteiger partial charge >= 0.3 is 5.97 Å². The van der Waals surface area contributed by atoms with Gasteiger partial charge in [-0.3, -0.25) is 14.3 Å². The predicted molar refractivity (Wildman–Crippen MR) is 84.8 cm³/mol. The second kappa shape index (κ2) is 6.62. The van der Waals surface area contributed by atoms with Gasteiger partial charge in [0.25, 0.3) is 5.91 Å². The SMILES string of the molecule is Cn1cc(C(=O)N2CCC(C(=O)O)CC2)c(-c2ccc(F)cc2F)n1. The van der Waals surface area contributed by atoms with E-state index in [1.54, 1.807) is 11.9 Å². The zero-order chi connectivity index (χ0) is 18.1. The van der Waals surface area contributed by atoms with Crippen LogP contribution in [0.3, 0.4) is 0 Å². The van der Waals surface area contributed by atoms with Crippen molar-refractivity contribution < 1.29 is 23.5 Å². The molecule has 1 aromatic heterocycles. The Hall–Kier alpha value is -2.77. The molecule has 3 rings (SSSR count). The van der Waals surface area contributed by atoms with Crippen molar-refractivity contribution in [3.05, 3.63) is 41.6 Å². The molecule has 0 saturated carbocycles. The van der Waals surface area contributed by atoms with Crippen molar-refractivity contribution in [1.82, 2.24) is 14.7 Å². The summed E-state index contributed by atoms with van der Waals surface area (Å²) in [6.45, 7) is 0.631. The summed E-state index contributed by atoms with van der Waals surface area (Å²) in [5.41, 5.74) is 0.401. The maximum Gasteiger partial charge on any atom is 0.306 e. The lowest BCUT2D eigenvalue weighted by atomic mass is 9.96. The van der Waals surface area contributed by atoms with Crippen LogP contribution in [0, 0.1) is 17.6 Å². The Bertz CT molecular complexity index is 827. The lowest BCUT2D eigenvalue weighted by Crippen LogP contribution is -2.40. The zero-order valence-corrected chi connectivity index (χ0v) is 13.6. The Morgan fingerprint density at radius 1 is 1.24 bits per heavy atom. The first-order valence-electron chi connectivity index (χ1n) is 7.88. The summed E-state index contributed by atoms with van der Waals surface area (Å²) >= 11 is 0. The molecule has 1 aromatic carbocycles. The van der Waals surface area contributed by atoms with Crippen LogP contribution in [0.2, 0.25) is 0 Å². The molecule has 1 N–H and O–H groups in total. The average Bonchev–Trinajstić information content (AvgIpc) is 2.95. The van der Waals surface area contributed by atoms with Crippen LogP contribution < -0.4 is 0 Å². The Kier molecular flexibility index (Phi) is 4.52. The average molecular weight is 349 g/mol. The normalized spacial score (nSPS) is 15.4. The highest BCUT2D eigenvalue weighted by molar-refractivity contribution is 6.00. The maximum atomic E-state index is 14.1. The van der Waals surface area contributed by atoms with E-state index in [1.807, 2.05) is 0 Å². The van der Waals surface area contributed by atoms with E-state index in [2.05, 4.69) is 5.10 Å². The van der Waals surface area contributed by atoms with Crippen molar-refractivity contribution in [2.24, 2.45) is 13.0 Å². The van der Waals surface area contributed by atoms with Crippen molar-refractivity contribution in [3.8, 4) is 11.3 Å². The van der Waals surface area contributed by atoms with Crippen LogP contribution in [-0.2, 0) is 11.8 Å². The first kappa shape index (κ1) is 17.1. The van der Waals surface area contributed by atoms with Gasteiger partial charge in [0.05, 0.1) is 11.5 Å². The van der Waals surface area contributed by atoms with E-state index < -0.39 is 23.5 Å². The second-order valence-electron chi connectivity index (χ2n) is 6.09. The molecule has 2 heterocycles. The molecule has 1 aliphatic heterocycles. The van der Waals surface area contributed by atoms with Crippen LogP contribution >= 0.6 is 0 Å². The number of rotatable bonds is 3. The monoisotopic (exact) mass is 349 g/mol. The number of aromatic nitrogens is 2. The fourth-order valence-corrected chi connectivity index (χ4v) is 3.03. The standard InChI is InChI=1S/C17H17F2N3O3/c1-21-9-13(15(20-21)12-3-2-11(18)8-14(12)19)16(23)22-6-4-10(5-7-22)17(24)25/h2-3,8-10H,4-7H2,1H3,(H,24,25). The molecule has 1 fully saturated rings. The van der Waals surface area contributed by atoms with Crippen LogP contribution in [0.1, 0.15) is 23.2 Å². The van der Waals surface area contributed by atoms with Gasteiger partial charge in [0.2, 0.25) is 0 Å². The van der Waals surface area contributed by atoms with Gasteiger partial charge in [-0.15, -0.1) is 0 Å². The number of aliphatic carboxylic acids is 1. The molecule has 0 bridgehead atoms. The summed E-state index contributed by atoms with van der Waals surface area (Å²) in [4.78, 5) is 25.4. The van der Waals surface area contributed by atoms with Gasteiger partial charge in [0.15, 0.2) is 0 Å². The Morgan fingerprint density at radius 3 is 2.52 bits per heavy atom. The summed E-state index contributed by atoms with van der Waals surface area (Å²) in [5, 5.41) is 13.2. The number of carboxylic acids is 1. The highest BCUT2D eigenvalue weighted by Crippen LogP contribution is 2.28. The third kappa shape index (κ3) is 3.38. The van der Waals surface area contributed by atoms with Crippen LogP contribution in [0.25, 0.3) is 11.3 Å². The number of carbonyl (C=O) groups is 2. The first-order valence-corrected chi connectivity index (χ1v) is 7.88. The Morgan fingerprint density at radius 2 is 1.92 bits per heavy atom. The number of likely N-dealkylation sites (tertiary alicyclic amines) is 1. The zero-order valence-electron chi connectivity index (χ0n) is 13.6. The van der Waals surface area contributed by atoms with E-state index in [0.29, 0.717) is 25.9 Å². The van der Waals surface area contributed by atoms with E-state index in [0.717, 1.165) is 12.1 Å². The molecule has 1 aliphatic rings. The smallest absolute Gasteiger partial charge is 0.306 e. The lowest BCUT2D eigenvalue weighted by molar-refractivity contribution is -0.143. The fourth-order valence-electron chi connectivity index (χ4n) is 3.03.